The van der Waals surface area contributed by atoms with Crippen molar-refractivity contribution in [1.82, 2.24) is 10.3 Å². The maximum Gasteiger partial charge on any atom is 0.0605 e. The number of hydrogen-bond acceptors (Lipinski definition) is 4. The van der Waals surface area contributed by atoms with Gasteiger partial charge in [0.2, 0.25) is 0 Å². The Morgan fingerprint density at radius 3 is 2.92 bits per heavy atom. The van der Waals surface area contributed by atoms with Crippen LogP contribution in [0.15, 0.2) is 66.6 Å². The number of anilines is 1. The summed E-state index contributed by atoms with van der Waals surface area (Å²) in [5.41, 5.74) is 11.6. The van der Waals surface area contributed by atoms with Crippen LogP contribution in [-0.2, 0) is 0 Å². The summed E-state index contributed by atoms with van der Waals surface area (Å²) in [6.07, 6.45) is 4.73. The van der Waals surface area contributed by atoms with Crippen LogP contribution in [0.5, 0.6) is 0 Å². The lowest BCUT2D eigenvalue weighted by atomic mass is 9.96. The van der Waals surface area contributed by atoms with Gasteiger partial charge in [-0.15, -0.1) is 0 Å². The molecular formula is C21H22N4. The van der Waals surface area contributed by atoms with Gasteiger partial charge in [-0.25, -0.2) is 0 Å². The van der Waals surface area contributed by atoms with Crippen molar-refractivity contribution >= 4 is 22.2 Å². The average molecular weight is 330 g/mol. The van der Waals surface area contributed by atoms with Crippen molar-refractivity contribution < 1.29 is 0 Å². The van der Waals surface area contributed by atoms with Crippen LogP contribution < -0.4 is 16.4 Å². The molecule has 1 aliphatic heterocycles. The van der Waals surface area contributed by atoms with Gasteiger partial charge < -0.3 is 16.4 Å². The average Bonchev–Trinajstić information content (AvgIpc) is 2.82. The zero-order valence-electron chi connectivity index (χ0n) is 14.3. The van der Waals surface area contributed by atoms with E-state index in [2.05, 4.69) is 64.1 Å². The first-order valence-electron chi connectivity index (χ1n) is 8.63. The quantitative estimate of drug-likeness (QED) is 0.664. The molecule has 0 aliphatic carbocycles. The Kier molecular flexibility index (Phi) is 4.02. The van der Waals surface area contributed by atoms with E-state index in [0.717, 1.165) is 35.4 Å². The summed E-state index contributed by atoms with van der Waals surface area (Å²) in [5.74, 6) is 0. The molecule has 25 heavy (non-hydrogen) atoms. The molecule has 1 aromatic heterocycles. The van der Waals surface area contributed by atoms with Crippen molar-refractivity contribution in [3.63, 3.8) is 0 Å². The van der Waals surface area contributed by atoms with Crippen LogP contribution in [0.1, 0.15) is 30.5 Å². The van der Waals surface area contributed by atoms with Crippen molar-refractivity contribution in [2.45, 2.75) is 19.4 Å². The van der Waals surface area contributed by atoms with Gasteiger partial charge in [0.15, 0.2) is 0 Å². The van der Waals surface area contributed by atoms with Crippen molar-refractivity contribution in [2.75, 3.05) is 11.9 Å². The molecule has 4 heteroatoms. The third-order valence-electron chi connectivity index (χ3n) is 4.75. The number of fused-ring (bicyclic) bond motifs is 2. The molecule has 1 unspecified atom stereocenters. The molecule has 4 rings (SSSR count). The molecule has 3 aromatic rings. The molecule has 0 saturated heterocycles. The topological polar surface area (TPSA) is 63.0 Å². The van der Waals surface area contributed by atoms with Crippen molar-refractivity contribution in [3.05, 3.63) is 77.7 Å². The Bertz CT molecular complexity index is 936. The molecule has 0 amide bonds. The number of hydrogen-bond donors (Lipinski definition) is 3. The summed E-state index contributed by atoms with van der Waals surface area (Å²) in [6.45, 7) is 2.83. The molecule has 126 valence electrons. The minimum absolute atomic E-state index is 0.222. The number of pyridine rings is 1. The molecule has 1 aliphatic rings. The third-order valence-corrected chi connectivity index (χ3v) is 4.75. The van der Waals surface area contributed by atoms with Crippen molar-refractivity contribution in [1.29, 1.82) is 0 Å². The first-order valence-corrected chi connectivity index (χ1v) is 8.63. The van der Waals surface area contributed by atoms with E-state index in [1.165, 1.54) is 16.5 Å². The molecule has 2 aromatic carbocycles. The summed E-state index contributed by atoms with van der Waals surface area (Å²) in [7, 11) is 0. The fourth-order valence-corrected chi connectivity index (χ4v) is 3.56. The molecular weight excluding hydrogens is 308 g/mol. The molecule has 0 spiro atoms. The van der Waals surface area contributed by atoms with Gasteiger partial charge in [-0.2, -0.15) is 0 Å². The molecule has 4 N–H and O–H groups in total. The lowest BCUT2D eigenvalue weighted by Gasteiger charge is -2.21. The zero-order chi connectivity index (χ0) is 17.2. The fraction of sp³-hybridized carbons (Fsp3) is 0.190. The van der Waals surface area contributed by atoms with Crippen LogP contribution in [0.4, 0.5) is 5.69 Å². The summed E-state index contributed by atoms with van der Waals surface area (Å²) in [6, 6.07) is 17.1. The van der Waals surface area contributed by atoms with Gasteiger partial charge >= 0.3 is 0 Å². The first kappa shape index (κ1) is 15.5. The predicted molar refractivity (Wildman–Crippen MR) is 104 cm³/mol. The largest absolute Gasteiger partial charge is 0.401 e. The molecule has 4 nitrogen and oxygen atoms in total. The van der Waals surface area contributed by atoms with E-state index in [4.69, 9.17) is 5.73 Å². The van der Waals surface area contributed by atoms with Gasteiger partial charge in [-0.1, -0.05) is 36.4 Å². The number of benzene rings is 2. The third kappa shape index (κ3) is 2.91. The predicted octanol–water partition coefficient (Wildman–Crippen LogP) is 4.03. The van der Waals surface area contributed by atoms with E-state index in [1.807, 2.05) is 19.3 Å². The summed E-state index contributed by atoms with van der Waals surface area (Å²) >= 11 is 0. The summed E-state index contributed by atoms with van der Waals surface area (Å²) in [5, 5.41) is 9.58. The summed E-state index contributed by atoms with van der Waals surface area (Å²) < 4.78 is 0. The number of allylic oxidation sites excluding steroid dienone is 1. The minimum Gasteiger partial charge on any atom is -0.401 e. The van der Waals surface area contributed by atoms with Crippen LogP contribution in [0.2, 0.25) is 0 Å². The van der Waals surface area contributed by atoms with Crippen molar-refractivity contribution in [2.24, 2.45) is 5.73 Å². The molecule has 0 saturated carbocycles. The number of rotatable bonds is 2. The lowest BCUT2D eigenvalue weighted by Crippen LogP contribution is -2.16. The van der Waals surface area contributed by atoms with E-state index < -0.39 is 0 Å². The van der Waals surface area contributed by atoms with E-state index in [0.29, 0.717) is 0 Å². The van der Waals surface area contributed by atoms with Gasteiger partial charge in [-0.3, -0.25) is 4.98 Å². The van der Waals surface area contributed by atoms with Crippen LogP contribution >= 0.6 is 0 Å². The highest BCUT2D eigenvalue weighted by Crippen LogP contribution is 2.33. The van der Waals surface area contributed by atoms with Crippen molar-refractivity contribution in [3.8, 4) is 0 Å². The standard InChI is InChI=1S/C21H22N4/c1-14(22)21-18-7-3-2-6-17(18)20(10-12-24-21)25-19-8-4-5-15-13-23-11-9-16(15)19/h2-9,11,13,20,24-25H,10,12,22H2,1H3/b21-14-. The second kappa shape index (κ2) is 6.48. The molecule has 0 fully saturated rings. The molecule has 1 atom stereocenters. The van der Waals surface area contributed by atoms with Crippen LogP contribution in [0.3, 0.4) is 0 Å². The molecule has 0 bridgehead atoms. The fourth-order valence-electron chi connectivity index (χ4n) is 3.56. The highest BCUT2D eigenvalue weighted by atomic mass is 15.0. The smallest absolute Gasteiger partial charge is 0.0605 e. The zero-order valence-corrected chi connectivity index (χ0v) is 14.3. The first-order chi connectivity index (χ1) is 12.2. The Hall–Kier alpha value is -3.01. The van der Waals surface area contributed by atoms with Gasteiger partial charge in [-0.05, 0) is 31.0 Å². The Morgan fingerprint density at radius 2 is 2.04 bits per heavy atom. The van der Waals surface area contributed by atoms with E-state index in [1.54, 1.807) is 0 Å². The van der Waals surface area contributed by atoms with E-state index in [-0.39, 0.29) is 6.04 Å². The number of nitrogens with zero attached hydrogens (tertiary/aromatic N) is 1. The molecule has 2 heterocycles. The molecule has 0 radical (unpaired) electrons. The minimum atomic E-state index is 0.222. The van der Waals surface area contributed by atoms with Crippen LogP contribution in [0, 0.1) is 0 Å². The highest BCUT2D eigenvalue weighted by Gasteiger charge is 2.22. The maximum absolute atomic E-state index is 6.11. The monoisotopic (exact) mass is 330 g/mol. The van der Waals surface area contributed by atoms with E-state index in [9.17, 15) is 0 Å². The number of aromatic nitrogens is 1. The van der Waals surface area contributed by atoms with Gasteiger partial charge in [0.1, 0.15) is 0 Å². The number of nitrogens with one attached hydrogen (secondary N) is 2. The Morgan fingerprint density at radius 1 is 1.16 bits per heavy atom. The Balaban J connectivity index is 1.77. The van der Waals surface area contributed by atoms with Gasteiger partial charge in [0.25, 0.3) is 0 Å². The normalized spacial score (nSPS) is 18.8. The SMILES string of the molecule is C/C(N)=C1/NCCC(Nc2cccc3cnccc23)c2ccccc21. The van der Waals surface area contributed by atoms with E-state index >= 15 is 0 Å². The van der Waals surface area contributed by atoms with Crippen LogP contribution in [-0.4, -0.2) is 11.5 Å². The summed E-state index contributed by atoms with van der Waals surface area (Å²) in [4.78, 5) is 4.22. The second-order valence-electron chi connectivity index (χ2n) is 6.46. The maximum atomic E-state index is 6.11. The Labute approximate surface area is 147 Å². The lowest BCUT2D eigenvalue weighted by molar-refractivity contribution is 0.683. The van der Waals surface area contributed by atoms with Gasteiger partial charge in [0, 0.05) is 46.7 Å². The van der Waals surface area contributed by atoms with Gasteiger partial charge in [0.05, 0.1) is 11.7 Å². The van der Waals surface area contributed by atoms with Crippen LogP contribution in [0.25, 0.3) is 16.5 Å². The second-order valence-corrected chi connectivity index (χ2v) is 6.46. The highest BCUT2D eigenvalue weighted by molar-refractivity contribution is 5.93. The number of nitrogens with two attached hydrogens (primary N) is 1.